The third-order valence-corrected chi connectivity index (χ3v) is 4.79. The van der Waals surface area contributed by atoms with Gasteiger partial charge >= 0.3 is 0 Å². The molecular formula is C15H25NOS. The third kappa shape index (κ3) is 5.78. The molecule has 1 aromatic carbocycles. The van der Waals surface area contributed by atoms with Crippen LogP contribution < -0.4 is 5.32 Å². The van der Waals surface area contributed by atoms with Crippen molar-refractivity contribution in [1.29, 1.82) is 0 Å². The lowest BCUT2D eigenvalue weighted by atomic mass is 9.98. The third-order valence-electron chi connectivity index (χ3n) is 3.42. The summed E-state index contributed by atoms with van der Waals surface area (Å²) in [6, 6.07) is 10.6. The molecule has 1 aromatic rings. The van der Waals surface area contributed by atoms with Gasteiger partial charge in [-0.25, -0.2) is 0 Å². The van der Waals surface area contributed by atoms with Gasteiger partial charge in [0.25, 0.3) is 0 Å². The minimum atomic E-state index is -0.694. The molecule has 0 aliphatic carbocycles. The van der Waals surface area contributed by atoms with Crippen molar-refractivity contribution < 1.29 is 4.21 Å². The molecule has 0 radical (unpaired) electrons. The summed E-state index contributed by atoms with van der Waals surface area (Å²) < 4.78 is 11.2. The van der Waals surface area contributed by atoms with Crippen molar-refractivity contribution >= 4 is 10.8 Å². The molecule has 0 bridgehead atoms. The molecular weight excluding hydrogens is 242 g/mol. The van der Waals surface area contributed by atoms with Crippen molar-refractivity contribution in [3.63, 3.8) is 0 Å². The van der Waals surface area contributed by atoms with E-state index < -0.39 is 10.8 Å². The number of nitrogens with one attached hydrogen (secondary N) is 1. The molecule has 102 valence electrons. The molecule has 0 saturated carbocycles. The van der Waals surface area contributed by atoms with Gasteiger partial charge in [0, 0.05) is 22.3 Å². The minimum absolute atomic E-state index is 0.295. The van der Waals surface area contributed by atoms with E-state index >= 15 is 0 Å². The van der Waals surface area contributed by atoms with Crippen LogP contribution in [0.25, 0.3) is 0 Å². The van der Waals surface area contributed by atoms with Gasteiger partial charge in [0.2, 0.25) is 0 Å². The SMILES string of the molecule is CC(CCNCCC(C)S(C)=O)c1ccccc1. The fourth-order valence-electron chi connectivity index (χ4n) is 1.86. The largest absolute Gasteiger partial charge is 0.317 e. The van der Waals surface area contributed by atoms with E-state index in [9.17, 15) is 4.21 Å². The summed E-state index contributed by atoms with van der Waals surface area (Å²) >= 11 is 0. The Morgan fingerprint density at radius 2 is 1.72 bits per heavy atom. The first kappa shape index (κ1) is 15.4. The summed E-state index contributed by atoms with van der Waals surface area (Å²) in [6.07, 6.45) is 3.92. The lowest BCUT2D eigenvalue weighted by Gasteiger charge is -2.13. The average Bonchev–Trinajstić information content (AvgIpc) is 2.38. The van der Waals surface area contributed by atoms with Crippen LogP contribution in [-0.4, -0.2) is 28.8 Å². The highest BCUT2D eigenvalue weighted by Gasteiger charge is 2.06. The normalized spacial score (nSPS) is 16.2. The molecule has 0 heterocycles. The van der Waals surface area contributed by atoms with Gasteiger partial charge in [-0.3, -0.25) is 4.21 Å². The van der Waals surface area contributed by atoms with Gasteiger partial charge in [-0.15, -0.1) is 0 Å². The van der Waals surface area contributed by atoms with Crippen molar-refractivity contribution in [3.05, 3.63) is 35.9 Å². The highest BCUT2D eigenvalue weighted by Crippen LogP contribution is 2.17. The van der Waals surface area contributed by atoms with Crippen LogP contribution in [0.4, 0.5) is 0 Å². The van der Waals surface area contributed by atoms with Crippen molar-refractivity contribution in [3.8, 4) is 0 Å². The Hall–Kier alpha value is -0.670. The Morgan fingerprint density at radius 1 is 1.11 bits per heavy atom. The van der Waals surface area contributed by atoms with Crippen LogP contribution in [0.5, 0.6) is 0 Å². The molecule has 1 N–H and O–H groups in total. The van der Waals surface area contributed by atoms with Crippen LogP contribution >= 0.6 is 0 Å². The quantitative estimate of drug-likeness (QED) is 0.734. The average molecular weight is 267 g/mol. The Kier molecular flexibility index (Phi) is 7.21. The van der Waals surface area contributed by atoms with Gasteiger partial charge in [-0.2, -0.15) is 0 Å². The summed E-state index contributed by atoms with van der Waals surface area (Å²) in [4.78, 5) is 0. The van der Waals surface area contributed by atoms with E-state index in [-0.39, 0.29) is 0 Å². The van der Waals surface area contributed by atoms with Crippen LogP contribution in [0.2, 0.25) is 0 Å². The number of benzene rings is 1. The summed E-state index contributed by atoms with van der Waals surface area (Å²) in [5, 5.41) is 3.73. The van der Waals surface area contributed by atoms with Crippen molar-refractivity contribution in [2.75, 3.05) is 19.3 Å². The van der Waals surface area contributed by atoms with Crippen LogP contribution in [0.1, 0.15) is 38.2 Å². The molecule has 18 heavy (non-hydrogen) atoms. The molecule has 1 rings (SSSR count). The van der Waals surface area contributed by atoms with Crippen molar-refractivity contribution in [2.45, 2.75) is 37.9 Å². The standard InChI is InChI=1S/C15H25NOS/c1-13(15-7-5-4-6-8-15)9-11-16-12-10-14(2)18(3)17/h4-8,13-14,16H,9-12H2,1-3H3. The van der Waals surface area contributed by atoms with Gasteiger partial charge in [-0.05, 0) is 37.4 Å². The smallest absolute Gasteiger partial charge is 0.0329 e. The molecule has 2 nitrogen and oxygen atoms in total. The van der Waals surface area contributed by atoms with Gasteiger partial charge in [-0.1, -0.05) is 44.2 Å². The second kappa shape index (κ2) is 8.44. The zero-order valence-electron chi connectivity index (χ0n) is 11.7. The van der Waals surface area contributed by atoms with Gasteiger partial charge in [0.15, 0.2) is 0 Å². The van der Waals surface area contributed by atoms with E-state index in [0.29, 0.717) is 11.2 Å². The zero-order chi connectivity index (χ0) is 13.4. The van der Waals surface area contributed by atoms with Crippen LogP contribution in [0, 0.1) is 0 Å². The molecule has 0 saturated heterocycles. The van der Waals surface area contributed by atoms with Gasteiger partial charge in [0.1, 0.15) is 0 Å². The van der Waals surface area contributed by atoms with Crippen LogP contribution in [0.15, 0.2) is 30.3 Å². The number of hydrogen-bond donors (Lipinski definition) is 1. The Bertz CT molecular complexity index is 353. The van der Waals surface area contributed by atoms with Crippen LogP contribution in [0.3, 0.4) is 0 Å². The molecule has 0 aromatic heterocycles. The molecule has 3 unspecified atom stereocenters. The second-order valence-corrected chi connectivity index (χ2v) is 6.75. The summed E-state index contributed by atoms with van der Waals surface area (Å²) in [5.74, 6) is 0.594. The molecule has 0 aliphatic heterocycles. The van der Waals surface area contributed by atoms with Crippen LogP contribution in [-0.2, 0) is 10.8 Å². The topological polar surface area (TPSA) is 29.1 Å². The summed E-state index contributed by atoms with van der Waals surface area (Å²) in [5.41, 5.74) is 1.40. The van der Waals surface area contributed by atoms with Gasteiger partial charge < -0.3 is 5.32 Å². The molecule has 3 heteroatoms. The van der Waals surface area contributed by atoms with E-state index in [1.54, 1.807) is 6.26 Å². The lowest BCUT2D eigenvalue weighted by Crippen LogP contribution is -2.23. The molecule has 0 aliphatic rings. The molecule has 0 fully saturated rings. The van der Waals surface area contributed by atoms with E-state index in [0.717, 1.165) is 25.9 Å². The highest BCUT2D eigenvalue weighted by atomic mass is 32.2. The first-order valence-corrected chi connectivity index (χ1v) is 8.31. The monoisotopic (exact) mass is 267 g/mol. The first-order valence-electron chi connectivity index (χ1n) is 6.69. The van der Waals surface area contributed by atoms with Gasteiger partial charge in [0.05, 0.1) is 0 Å². The predicted molar refractivity (Wildman–Crippen MR) is 80.5 cm³/mol. The second-order valence-electron chi connectivity index (χ2n) is 4.95. The zero-order valence-corrected chi connectivity index (χ0v) is 12.5. The molecule has 0 amide bonds. The minimum Gasteiger partial charge on any atom is -0.317 e. The number of rotatable bonds is 8. The fraction of sp³-hybridized carbons (Fsp3) is 0.600. The van der Waals surface area contributed by atoms with E-state index in [4.69, 9.17) is 0 Å². The maximum absolute atomic E-state index is 11.2. The van der Waals surface area contributed by atoms with E-state index in [1.807, 2.05) is 6.92 Å². The Morgan fingerprint density at radius 3 is 2.33 bits per heavy atom. The highest BCUT2D eigenvalue weighted by molar-refractivity contribution is 7.84. The number of hydrogen-bond acceptors (Lipinski definition) is 2. The Labute approximate surface area is 114 Å². The van der Waals surface area contributed by atoms with E-state index in [2.05, 4.69) is 42.6 Å². The molecule has 0 spiro atoms. The maximum Gasteiger partial charge on any atom is 0.0329 e. The fourth-order valence-corrected chi connectivity index (χ4v) is 2.31. The Balaban J connectivity index is 2.13. The van der Waals surface area contributed by atoms with Crippen molar-refractivity contribution in [1.82, 2.24) is 5.32 Å². The van der Waals surface area contributed by atoms with Crippen molar-refractivity contribution in [2.24, 2.45) is 0 Å². The maximum atomic E-state index is 11.2. The molecule has 3 atom stereocenters. The first-order chi connectivity index (χ1) is 8.61. The summed E-state index contributed by atoms with van der Waals surface area (Å²) in [7, 11) is -0.694. The van der Waals surface area contributed by atoms with E-state index in [1.165, 1.54) is 5.56 Å². The summed E-state index contributed by atoms with van der Waals surface area (Å²) in [6.45, 7) is 6.30. The lowest BCUT2D eigenvalue weighted by molar-refractivity contribution is 0.576. The predicted octanol–water partition coefficient (Wildman–Crippen LogP) is 2.93.